The first kappa shape index (κ1) is 18.1. The summed E-state index contributed by atoms with van der Waals surface area (Å²) in [6.45, 7) is 1.24. The lowest BCUT2D eigenvalue weighted by molar-refractivity contribution is -0.112. The van der Waals surface area contributed by atoms with Crippen molar-refractivity contribution in [2.45, 2.75) is 0 Å². The van der Waals surface area contributed by atoms with E-state index in [2.05, 4.69) is 21.2 Å². The monoisotopic (exact) mass is 438 g/mol. The van der Waals surface area contributed by atoms with Crippen LogP contribution < -0.4 is 19.5 Å². The van der Waals surface area contributed by atoms with E-state index in [-0.39, 0.29) is 12.2 Å². The quantitative estimate of drug-likeness (QED) is 0.576. The fourth-order valence-electron chi connectivity index (χ4n) is 2.90. The van der Waals surface area contributed by atoms with E-state index in [1.54, 1.807) is 18.2 Å². The minimum atomic E-state index is -0.500. The van der Waals surface area contributed by atoms with Crippen molar-refractivity contribution in [1.29, 1.82) is 5.26 Å². The normalized spacial score (nSPS) is 14.9. The van der Waals surface area contributed by atoms with E-state index in [9.17, 15) is 10.1 Å². The summed E-state index contributed by atoms with van der Waals surface area (Å²) in [6, 6.07) is 12.8. The van der Waals surface area contributed by atoms with Crippen LogP contribution in [0.25, 0.3) is 6.08 Å². The Balaban J connectivity index is 1.54. The molecule has 0 aromatic heterocycles. The van der Waals surface area contributed by atoms with Crippen molar-refractivity contribution in [3.05, 3.63) is 63.7 Å². The van der Waals surface area contributed by atoms with Crippen LogP contribution in [0.15, 0.2) is 58.1 Å². The number of hydrogen-bond donors (Lipinski definition) is 1. The zero-order valence-electron chi connectivity index (χ0n) is 14.7. The number of benzene rings is 2. The molecule has 2 aromatic carbocycles. The van der Waals surface area contributed by atoms with Gasteiger partial charge in [-0.15, -0.1) is 0 Å². The number of amides is 1. The molecule has 0 bridgehead atoms. The van der Waals surface area contributed by atoms with Gasteiger partial charge in [0.2, 0.25) is 0 Å². The lowest BCUT2D eigenvalue weighted by atomic mass is 10.1. The highest BCUT2D eigenvalue weighted by Gasteiger charge is 2.16. The molecular formula is C21H15BrN2O4. The fourth-order valence-corrected chi connectivity index (χ4v) is 3.28. The SMILES string of the molecule is N#C/C(=C/C1=Cc2cc(Br)ccc2OC1)C(=O)Nc1ccc2c(c1)OCCO2. The summed E-state index contributed by atoms with van der Waals surface area (Å²) >= 11 is 3.43. The molecular weight excluding hydrogens is 424 g/mol. The second-order valence-corrected chi connectivity index (χ2v) is 7.09. The van der Waals surface area contributed by atoms with Crippen molar-refractivity contribution < 1.29 is 19.0 Å². The summed E-state index contributed by atoms with van der Waals surface area (Å²) in [5.74, 6) is 1.46. The Morgan fingerprint density at radius 3 is 2.68 bits per heavy atom. The molecule has 7 heteroatoms. The van der Waals surface area contributed by atoms with Crippen molar-refractivity contribution in [2.75, 3.05) is 25.1 Å². The Morgan fingerprint density at radius 1 is 1.07 bits per heavy atom. The Kier molecular flexibility index (Phi) is 5.04. The van der Waals surface area contributed by atoms with Gasteiger partial charge < -0.3 is 19.5 Å². The molecule has 1 N–H and O–H groups in total. The van der Waals surface area contributed by atoms with Crippen LogP contribution in [0.2, 0.25) is 0 Å². The number of nitrogens with zero attached hydrogens (tertiary/aromatic N) is 1. The van der Waals surface area contributed by atoms with Gasteiger partial charge in [-0.05, 0) is 48.1 Å². The van der Waals surface area contributed by atoms with Crippen molar-refractivity contribution in [2.24, 2.45) is 0 Å². The van der Waals surface area contributed by atoms with Gasteiger partial charge in [0.1, 0.15) is 37.2 Å². The average molecular weight is 439 g/mol. The van der Waals surface area contributed by atoms with Gasteiger partial charge >= 0.3 is 0 Å². The highest BCUT2D eigenvalue weighted by molar-refractivity contribution is 9.10. The molecule has 0 saturated carbocycles. The molecule has 0 fully saturated rings. The second kappa shape index (κ2) is 7.79. The molecule has 2 heterocycles. The molecule has 2 aliphatic heterocycles. The Labute approximate surface area is 170 Å². The number of nitriles is 1. The molecule has 2 aromatic rings. The third kappa shape index (κ3) is 3.87. The number of carbonyl (C=O) groups excluding carboxylic acids is 1. The van der Waals surface area contributed by atoms with Crippen molar-refractivity contribution in [3.8, 4) is 23.3 Å². The minimum absolute atomic E-state index is 0.0109. The van der Waals surface area contributed by atoms with Crippen LogP contribution in [0.4, 0.5) is 5.69 Å². The molecule has 0 atom stereocenters. The predicted octanol–water partition coefficient (Wildman–Crippen LogP) is 4.08. The van der Waals surface area contributed by atoms with Gasteiger partial charge in [0.15, 0.2) is 11.5 Å². The first-order valence-electron chi connectivity index (χ1n) is 8.58. The standard InChI is InChI=1S/C21H15BrN2O4/c22-16-1-3-18-14(9-16)7-13(12-28-18)8-15(11-23)21(25)24-17-2-4-19-20(10-17)27-6-5-26-19/h1-4,7-10H,5-6,12H2,(H,24,25)/b15-8-. The van der Waals surface area contributed by atoms with Crippen LogP contribution in [0.1, 0.15) is 5.56 Å². The number of anilines is 1. The molecule has 0 unspecified atom stereocenters. The first-order valence-corrected chi connectivity index (χ1v) is 9.37. The predicted molar refractivity (Wildman–Crippen MR) is 107 cm³/mol. The molecule has 28 heavy (non-hydrogen) atoms. The largest absolute Gasteiger partial charge is 0.488 e. The lowest BCUT2D eigenvalue weighted by Gasteiger charge is -2.19. The number of halogens is 1. The maximum Gasteiger partial charge on any atom is 0.266 e. The van der Waals surface area contributed by atoms with Gasteiger partial charge in [-0.1, -0.05) is 15.9 Å². The summed E-state index contributed by atoms with van der Waals surface area (Å²) in [5, 5.41) is 12.2. The molecule has 0 aliphatic carbocycles. The lowest BCUT2D eigenvalue weighted by Crippen LogP contribution is -2.17. The molecule has 1 amide bonds. The third-order valence-electron chi connectivity index (χ3n) is 4.20. The van der Waals surface area contributed by atoms with Gasteiger partial charge in [0.05, 0.1) is 0 Å². The number of rotatable bonds is 3. The van der Waals surface area contributed by atoms with Crippen LogP contribution in [-0.4, -0.2) is 25.7 Å². The molecule has 2 aliphatic rings. The van der Waals surface area contributed by atoms with Gasteiger partial charge in [-0.3, -0.25) is 4.79 Å². The van der Waals surface area contributed by atoms with E-state index in [0.717, 1.165) is 21.4 Å². The van der Waals surface area contributed by atoms with Crippen LogP contribution in [0, 0.1) is 11.3 Å². The van der Waals surface area contributed by atoms with E-state index < -0.39 is 5.91 Å². The molecule has 140 valence electrons. The maximum absolute atomic E-state index is 12.5. The zero-order valence-corrected chi connectivity index (χ0v) is 16.3. The van der Waals surface area contributed by atoms with E-state index in [4.69, 9.17) is 14.2 Å². The summed E-state index contributed by atoms with van der Waals surface area (Å²) < 4.78 is 17.6. The van der Waals surface area contributed by atoms with E-state index in [0.29, 0.717) is 30.4 Å². The highest BCUT2D eigenvalue weighted by Crippen LogP contribution is 2.33. The number of fused-ring (bicyclic) bond motifs is 2. The minimum Gasteiger partial charge on any atom is -0.488 e. The molecule has 0 saturated heterocycles. The summed E-state index contributed by atoms with van der Waals surface area (Å²) in [5.41, 5.74) is 2.14. The Hall–Kier alpha value is -3.24. The van der Waals surface area contributed by atoms with Crippen LogP contribution >= 0.6 is 15.9 Å². The van der Waals surface area contributed by atoms with E-state index >= 15 is 0 Å². The van der Waals surface area contributed by atoms with Crippen LogP contribution in [-0.2, 0) is 4.79 Å². The van der Waals surface area contributed by atoms with Crippen molar-refractivity contribution >= 4 is 33.6 Å². The van der Waals surface area contributed by atoms with Crippen LogP contribution in [0.3, 0.4) is 0 Å². The number of carbonyl (C=O) groups is 1. The van der Waals surface area contributed by atoms with Crippen LogP contribution in [0.5, 0.6) is 17.2 Å². The van der Waals surface area contributed by atoms with E-state index in [1.807, 2.05) is 30.3 Å². The van der Waals surface area contributed by atoms with Gasteiger partial charge in [0, 0.05) is 21.8 Å². The summed E-state index contributed by atoms with van der Waals surface area (Å²) in [4.78, 5) is 12.5. The fraction of sp³-hybridized carbons (Fsp3) is 0.143. The second-order valence-electron chi connectivity index (χ2n) is 6.17. The van der Waals surface area contributed by atoms with Gasteiger partial charge in [-0.2, -0.15) is 5.26 Å². The van der Waals surface area contributed by atoms with Crippen molar-refractivity contribution in [3.63, 3.8) is 0 Å². The molecule has 0 radical (unpaired) electrons. The molecule has 6 nitrogen and oxygen atoms in total. The summed E-state index contributed by atoms with van der Waals surface area (Å²) in [6.07, 6.45) is 3.44. The Bertz CT molecular complexity index is 1050. The topological polar surface area (TPSA) is 80.6 Å². The Morgan fingerprint density at radius 2 is 1.86 bits per heavy atom. The third-order valence-corrected chi connectivity index (χ3v) is 4.70. The average Bonchev–Trinajstić information content (AvgIpc) is 2.71. The zero-order chi connectivity index (χ0) is 19.5. The highest BCUT2D eigenvalue weighted by atomic mass is 79.9. The van der Waals surface area contributed by atoms with Crippen molar-refractivity contribution in [1.82, 2.24) is 0 Å². The maximum atomic E-state index is 12.5. The number of nitrogens with one attached hydrogen (secondary N) is 1. The molecule has 4 rings (SSSR count). The number of ether oxygens (including phenoxy) is 3. The van der Waals surface area contributed by atoms with E-state index in [1.165, 1.54) is 6.08 Å². The first-order chi connectivity index (χ1) is 13.6. The van der Waals surface area contributed by atoms with Gasteiger partial charge in [0.25, 0.3) is 5.91 Å². The van der Waals surface area contributed by atoms with Gasteiger partial charge in [-0.25, -0.2) is 0 Å². The summed E-state index contributed by atoms with van der Waals surface area (Å²) in [7, 11) is 0. The smallest absolute Gasteiger partial charge is 0.266 e. The number of hydrogen-bond acceptors (Lipinski definition) is 5. The molecule has 0 spiro atoms.